The molecule has 0 N–H and O–H groups in total. The van der Waals surface area contributed by atoms with Gasteiger partial charge in [0.25, 0.3) is 0 Å². The minimum absolute atomic E-state index is 0.291. The van der Waals surface area contributed by atoms with Crippen molar-refractivity contribution in [3.05, 3.63) is 96.6 Å². The van der Waals surface area contributed by atoms with Crippen molar-refractivity contribution >= 4 is 25.5 Å². The van der Waals surface area contributed by atoms with E-state index < -0.39 is 31.0 Å². The molecule has 0 amide bonds. The van der Waals surface area contributed by atoms with Crippen LogP contribution < -0.4 is 7.16 Å². The van der Waals surface area contributed by atoms with Crippen molar-refractivity contribution in [2.45, 2.75) is 37.0 Å². The molecule has 7 heteroatoms. The van der Waals surface area contributed by atoms with E-state index in [-0.39, 0.29) is 24.4 Å². The van der Waals surface area contributed by atoms with Crippen molar-refractivity contribution in [3.8, 4) is 0 Å². The van der Waals surface area contributed by atoms with Crippen LogP contribution in [-0.2, 0) is 28.4 Å². The van der Waals surface area contributed by atoms with E-state index in [1.165, 1.54) is 7.16 Å². The molecule has 3 fully saturated rings. The van der Waals surface area contributed by atoms with Gasteiger partial charge < -0.3 is 0 Å². The average Bonchev–Trinajstić information content (AvgIpc) is 3.15. The first-order valence-electron chi connectivity index (χ1n) is 12.1. The third-order valence-corrected chi connectivity index (χ3v) is 19.3. The summed E-state index contributed by atoms with van der Waals surface area (Å²) in [5.74, 6) is 0. The summed E-state index contributed by atoms with van der Waals surface area (Å²) in [7, 11) is 1.65. The Kier molecular flexibility index (Phi) is 6.95. The van der Waals surface area contributed by atoms with Gasteiger partial charge in [0.15, 0.2) is 0 Å². The second-order valence-corrected chi connectivity index (χ2v) is 20.4. The van der Waals surface area contributed by atoms with Gasteiger partial charge >= 0.3 is 210 Å². The van der Waals surface area contributed by atoms with Crippen molar-refractivity contribution in [1.29, 1.82) is 0 Å². The number of fused-ring (bicyclic) bond motifs is 3. The Morgan fingerprint density at radius 2 is 1.23 bits per heavy atom. The van der Waals surface area contributed by atoms with Crippen LogP contribution in [-0.4, -0.2) is 72.0 Å². The van der Waals surface area contributed by atoms with Gasteiger partial charge in [-0.15, -0.1) is 0 Å². The molecule has 3 aromatic carbocycles. The summed E-state index contributed by atoms with van der Waals surface area (Å²) in [5, 5.41) is 0. The van der Waals surface area contributed by atoms with E-state index >= 15 is 0 Å². The normalized spacial score (nSPS) is 32.1. The summed E-state index contributed by atoms with van der Waals surface area (Å²) < 4.78 is 42.1. The number of methoxy groups -OCH3 is 1. The quantitative estimate of drug-likeness (QED) is 0.442. The van der Waals surface area contributed by atoms with Crippen LogP contribution in [0.2, 0.25) is 0 Å². The molecule has 1 unspecified atom stereocenters. The van der Waals surface area contributed by atoms with Crippen LogP contribution in [0.1, 0.15) is 11.9 Å². The predicted molar refractivity (Wildman–Crippen MR) is 133 cm³/mol. The molecule has 3 aliphatic rings. The number of hydrogen-bond donors (Lipinski definition) is 0. The van der Waals surface area contributed by atoms with E-state index in [9.17, 15) is 0 Å². The summed E-state index contributed by atoms with van der Waals surface area (Å²) in [5.41, 5.74) is 0.980. The van der Waals surface area contributed by atoms with Crippen LogP contribution in [0.3, 0.4) is 0 Å². The molecule has 0 bridgehead atoms. The van der Waals surface area contributed by atoms with Crippen LogP contribution >= 0.6 is 0 Å². The zero-order valence-corrected chi connectivity index (χ0v) is 22.5. The zero-order chi connectivity index (χ0) is 23.7. The Hall–Kier alpha value is -1.78. The summed E-state index contributed by atoms with van der Waals surface area (Å²) in [6.07, 6.45) is -2.33. The van der Waals surface area contributed by atoms with Gasteiger partial charge in [-0.2, -0.15) is 0 Å². The fourth-order valence-corrected chi connectivity index (χ4v) is 16.0. The van der Waals surface area contributed by atoms with Gasteiger partial charge in [-0.3, -0.25) is 0 Å². The van der Waals surface area contributed by atoms with E-state index in [4.69, 9.17) is 28.4 Å². The predicted octanol–water partition coefficient (Wildman–Crippen LogP) is 2.60. The molecule has 0 radical (unpaired) electrons. The van der Waals surface area contributed by atoms with Gasteiger partial charge in [0.1, 0.15) is 0 Å². The van der Waals surface area contributed by atoms with Gasteiger partial charge in [0.05, 0.1) is 0 Å². The van der Waals surface area contributed by atoms with Gasteiger partial charge in [-0.05, 0) is 0 Å². The Balaban J connectivity index is 1.34. The van der Waals surface area contributed by atoms with Crippen molar-refractivity contribution < 1.29 is 28.4 Å². The summed E-state index contributed by atoms with van der Waals surface area (Å²) in [4.78, 5) is 0. The third kappa shape index (κ3) is 4.46. The van der Waals surface area contributed by atoms with Gasteiger partial charge in [0, 0.05) is 0 Å². The van der Waals surface area contributed by atoms with Crippen LogP contribution in [0.4, 0.5) is 0 Å². The Morgan fingerprint density at radius 3 is 1.83 bits per heavy atom. The van der Waals surface area contributed by atoms with Crippen LogP contribution in [0.25, 0.3) is 0 Å². The molecule has 6 rings (SSSR count). The molecule has 0 aromatic heterocycles. The SMILES string of the molecule is CO[C@H]1O[C@@H]2COC(c3ccccc3)O[C@H]2[C@@H]2O[CH2][Sn]([c]3ccccc3)([c]3ccccc3)[CH2]O[C@@H]12. The Bertz CT molecular complexity index is 1060. The molecule has 3 heterocycles. The molecule has 3 aliphatic heterocycles. The average molecular weight is 581 g/mol. The van der Waals surface area contributed by atoms with Crippen LogP contribution in [0.5, 0.6) is 0 Å². The van der Waals surface area contributed by atoms with Crippen LogP contribution in [0.15, 0.2) is 91.0 Å². The molecular formula is C28H30O6Sn. The molecule has 0 spiro atoms. The summed E-state index contributed by atoms with van der Waals surface area (Å²) in [6, 6.07) is 31.5. The van der Waals surface area contributed by atoms with E-state index in [1.807, 2.05) is 30.3 Å². The van der Waals surface area contributed by atoms with E-state index in [0.29, 0.717) is 15.9 Å². The minimum atomic E-state index is -3.38. The first kappa shape index (κ1) is 23.6. The Labute approximate surface area is 209 Å². The molecule has 182 valence electrons. The van der Waals surface area contributed by atoms with E-state index in [0.717, 1.165) is 5.56 Å². The number of hydrogen-bond acceptors (Lipinski definition) is 6. The molecule has 35 heavy (non-hydrogen) atoms. The fourth-order valence-electron chi connectivity index (χ4n) is 5.41. The second kappa shape index (κ2) is 10.3. The Morgan fingerprint density at radius 1 is 0.657 bits per heavy atom. The first-order chi connectivity index (χ1) is 17.3. The maximum absolute atomic E-state index is 6.85. The molecule has 0 saturated carbocycles. The third-order valence-electron chi connectivity index (χ3n) is 7.28. The summed E-state index contributed by atoms with van der Waals surface area (Å²) in [6.45, 7) is 0.405. The maximum atomic E-state index is 6.85. The molecule has 3 saturated heterocycles. The number of rotatable bonds is 4. The van der Waals surface area contributed by atoms with E-state index in [2.05, 4.69) is 60.7 Å². The molecule has 6 atom stereocenters. The topological polar surface area (TPSA) is 55.4 Å². The van der Waals surface area contributed by atoms with Crippen molar-refractivity contribution in [1.82, 2.24) is 0 Å². The monoisotopic (exact) mass is 582 g/mol. The van der Waals surface area contributed by atoms with Crippen molar-refractivity contribution in [2.75, 3.05) is 23.0 Å². The molecule has 0 aliphatic carbocycles. The first-order valence-corrected chi connectivity index (χ1v) is 19.0. The zero-order valence-electron chi connectivity index (χ0n) is 19.7. The van der Waals surface area contributed by atoms with Crippen molar-refractivity contribution in [2.24, 2.45) is 0 Å². The van der Waals surface area contributed by atoms with Gasteiger partial charge in [-0.1, -0.05) is 0 Å². The van der Waals surface area contributed by atoms with Gasteiger partial charge in [-0.25, -0.2) is 0 Å². The standard InChI is InChI=1S/C16H20O6.2C6H5.Sn/c1-17-13-12-11(21-16(19-3)14(13)18-2)9-20-15(22-12)10-7-5-4-6-8-10;2*1-2-4-6-5-3-1;/h4-8,11-16H,1-2,9H2,3H3;2*1-5H;/t11-,12-,13+,14-,15?,16+;;;/m1.../s1. The molecule has 6 nitrogen and oxygen atoms in total. The van der Waals surface area contributed by atoms with E-state index in [1.54, 1.807) is 7.11 Å². The molecular weight excluding hydrogens is 551 g/mol. The van der Waals surface area contributed by atoms with Crippen molar-refractivity contribution in [3.63, 3.8) is 0 Å². The second-order valence-electron chi connectivity index (χ2n) is 9.32. The molecule has 3 aromatic rings. The number of ether oxygens (including phenoxy) is 6. The fraction of sp³-hybridized carbons (Fsp3) is 0.357. The van der Waals surface area contributed by atoms with Gasteiger partial charge in [0.2, 0.25) is 0 Å². The van der Waals surface area contributed by atoms with Crippen LogP contribution in [0, 0.1) is 0 Å². The number of benzene rings is 3. The summed E-state index contributed by atoms with van der Waals surface area (Å²) >= 11 is -3.38.